The molecule has 1 amide bonds. The fourth-order valence-electron chi connectivity index (χ4n) is 3.64. The molecule has 31 heavy (non-hydrogen) atoms. The van der Waals surface area contributed by atoms with E-state index in [1.54, 1.807) is 42.5 Å². The summed E-state index contributed by atoms with van der Waals surface area (Å²) in [7, 11) is -0.934. The van der Waals surface area contributed by atoms with Crippen LogP contribution in [-0.2, 0) is 4.43 Å². The summed E-state index contributed by atoms with van der Waals surface area (Å²) in [6.45, 7) is 5.99. The number of amides is 1. The van der Waals surface area contributed by atoms with Crippen LogP contribution < -0.4 is 10.5 Å². The summed E-state index contributed by atoms with van der Waals surface area (Å²) in [6, 6.07) is 15.3. The zero-order chi connectivity index (χ0) is 23.1. The van der Waals surface area contributed by atoms with Gasteiger partial charge in [-0.1, -0.05) is 63.2 Å². The van der Waals surface area contributed by atoms with Crippen LogP contribution >= 0.6 is 0 Å². The first-order valence-electron chi connectivity index (χ1n) is 10.5. The molecule has 7 heteroatoms. The Hall–Kier alpha value is -2.51. The molecule has 0 radical (unpaired) electrons. The van der Waals surface area contributed by atoms with Gasteiger partial charge in [0.15, 0.2) is 8.32 Å². The van der Waals surface area contributed by atoms with E-state index >= 15 is 8.78 Å². The Balaban J connectivity index is 2.55. The maximum Gasteiger partial charge on any atom is 0.295 e. The summed E-state index contributed by atoms with van der Waals surface area (Å²) >= 11 is 0. The van der Waals surface area contributed by atoms with Gasteiger partial charge in [0.25, 0.3) is 5.92 Å². The van der Waals surface area contributed by atoms with Gasteiger partial charge >= 0.3 is 0 Å². The van der Waals surface area contributed by atoms with Crippen molar-refractivity contribution in [2.45, 2.75) is 50.9 Å². The molecule has 1 unspecified atom stereocenters. The number of hydrogen-bond donors (Lipinski definition) is 1. The molecule has 168 valence electrons. The molecule has 0 saturated heterocycles. The minimum atomic E-state index is -3.35. The van der Waals surface area contributed by atoms with Gasteiger partial charge in [0.1, 0.15) is 11.9 Å². The first-order chi connectivity index (χ1) is 14.7. The van der Waals surface area contributed by atoms with Crippen molar-refractivity contribution in [2.75, 3.05) is 7.11 Å². The average molecular weight is 448 g/mol. The van der Waals surface area contributed by atoms with Crippen molar-refractivity contribution in [1.82, 2.24) is 0 Å². The zero-order valence-corrected chi connectivity index (χ0v) is 19.5. The predicted octanol–water partition coefficient (Wildman–Crippen LogP) is 6.21. The van der Waals surface area contributed by atoms with Crippen LogP contribution in [0.4, 0.5) is 8.78 Å². The highest BCUT2D eigenvalue weighted by Gasteiger charge is 2.45. The minimum absolute atomic E-state index is 0.184. The Morgan fingerprint density at radius 3 is 2.23 bits per heavy atom. The topological polar surface area (TPSA) is 61.6 Å². The highest BCUT2D eigenvalue weighted by atomic mass is 28.4. The lowest BCUT2D eigenvalue weighted by molar-refractivity contribution is -0.0635. The molecule has 0 fully saturated rings. The summed E-state index contributed by atoms with van der Waals surface area (Å²) in [6.07, 6.45) is 0.525. The van der Waals surface area contributed by atoms with E-state index < -0.39 is 26.3 Å². The number of methoxy groups -OCH3 is 1. The largest absolute Gasteiger partial charge is 0.496 e. The quantitative estimate of drug-likeness (QED) is 0.417. The van der Waals surface area contributed by atoms with E-state index in [0.29, 0.717) is 16.9 Å². The molecule has 1 atom stereocenters. The third-order valence-electron chi connectivity index (χ3n) is 5.78. The number of benzene rings is 2. The van der Waals surface area contributed by atoms with Gasteiger partial charge in [-0.3, -0.25) is 4.79 Å². The number of rotatable bonds is 11. The van der Waals surface area contributed by atoms with Crippen LogP contribution in [0.25, 0.3) is 6.08 Å². The maximum absolute atomic E-state index is 15.7. The minimum Gasteiger partial charge on any atom is -0.496 e. The Bertz CT molecular complexity index is 905. The van der Waals surface area contributed by atoms with Gasteiger partial charge in [0.2, 0.25) is 5.91 Å². The standard InChI is InChI=1S/C24H31F2NO3Si/c1-5-31(6-2,7-3)30-22(20-14-10-11-15-21(20)29-4)24(25,26)17-16-18-12-8-9-13-19(18)23(27)28/h8-17,22H,5-7H2,1-4H3,(H2,27,28)/b17-16+. The summed E-state index contributed by atoms with van der Waals surface area (Å²) < 4.78 is 43.1. The van der Waals surface area contributed by atoms with Crippen molar-refractivity contribution in [2.24, 2.45) is 5.73 Å². The number of primary amides is 1. The molecule has 0 bridgehead atoms. The third-order valence-corrected chi connectivity index (χ3v) is 10.4. The van der Waals surface area contributed by atoms with Crippen LogP contribution in [0.15, 0.2) is 54.6 Å². The molecule has 0 heterocycles. The van der Waals surface area contributed by atoms with Crippen molar-refractivity contribution in [1.29, 1.82) is 0 Å². The Morgan fingerprint density at radius 1 is 1.06 bits per heavy atom. The lowest BCUT2D eigenvalue weighted by atomic mass is 10.00. The Morgan fingerprint density at radius 2 is 1.65 bits per heavy atom. The number of nitrogens with two attached hydrogens (primary N) is 1. The number of ether oxygens (including phenoxy) is 1. The maximum atomic E-state index is 15.7. The summed E-state index contributed by atoms with van der Waals surface area (Å²) in [5.41, 5.74) is 6.20. The Kier molecular flexibility index (Phi) is 8.53. The number of para-hydroxylation sites is 1. The van der Waals surface area contributed by atoms with E-state index in [9.17, 15) is 4.79 Å². The van der Waals surface area contributed by atoms with Crippen LogP contribution in [0.2, 0.25) is 18.1 Å². The molecule has 4 nitrogen and oxygen atoms in total. The van der Waals surface area contributed by atoms with Crippen molar-refractivity contribution >= 4 is 20.3 Å². The molecule has 0 spiro atoms. The predicted molar refractivity (Wildman–Crippen MR) is 123 cm³/mol. The van der Waals surface area contributed by atoms with E-state index in [4.69, 9.17) is 14.9 Å². The van der Waals surface area contributed by atoms with Crippen molar-refractivity contribution in [3.63, 3.8) is 0 Å². The van der Waals surface area contributed by atoms with Gasteiger partial charge in [0, 0.05) is 11.1 Å². The lowest BCUT2D eigenvalue weighted by Gasteiger charge is -2.36. The van der Waals surface area contributed by atoms with Crippen molar-refractivity contribution in [3.05, 3.63) is 71.3 Å². The molecule has 2 rings (SSSR count). The van der Waals surface area contributed by atoms with E-state index in [-0.39, 0.29) is 5.56 Å². The van der Waals surface area contributed by atoms with Crippen LogP contribution in [0, 0.1) is 0 Å². The molecular weight excluding hydrogens is 416 g/mol. The number of halogens is 2. The zero-order valence-electron chi connectivity index (χ0n) is 18.5. The van der Waals surface area contributed by atoms with Crippen LogP contribution in [0.1, 0.15) is 48.4 Å². The number of alkyl halides is 2. The molecule has 0 aliphatic heterocycles. The fraction of sp³-hybridized carbons (Fsp3) is 0.375. The molecule has 0 saturated carbocycles. The van der Waals surface area contributed by atoms with E-state index in [1.807, 2.05) is 20.8 Å². The van der Waals surface area contributed by atoms with Gasteiger partial charge in [0.05, 0.1) is 7.11 Å². The molecular formula is C24H31F2NO3Si. The molecule has 0 aliphatic rings. The summed E-state index contributed by atoms with van der Waals surface area (Å²) in [4.78, 5) is 11.7. The second kappa shape index (κ2) is 10.7. The van der Waals surface area contributed by atoms with Crippen LogP contribution in [0.3, 0.4) is 0 Å². The highest BCUT2D eigenvalue weighted by Crippen LogP contribution is 2.43. The van der Waals surface area contributed by atoms with E-state index in [2.05, 4.69) is 0 Å². The van der Waals surface area contributed by atoms with Crippen molar-refractivity contribution in [3.8, 4) is 5.75 Å². The summed E-state index contributed by atoms with van der Waals surface area (Å²) in [5, 5.41) is 0. The first-order valence-corrected chi connectivity index (χ1v) is 13.0. The molecule has 0 aliphatic carbocycles. The van der Waals surface area contributed by atoms with E-state index in [1.165, 1.54) is 19.3 Å². The van der Waals surface area contributed by atoms with Gasteiger partial charge < -0.3 is 14.9 Å². The van der Waals surface area contributed by atoms with Crippen LogP contribution in [0.5, 0.6) is 5.75 Å². The second-order valence-electron chi connectivity index (χ2n) is 7.44. The first kappa shape index (κ1) is 24.8. The SMILES string of the molecule is CC[Si](CC)(CC)OC(c1ccccc1OC)C(F)(F)/C=C/c1ccccc1C(N)=O. The molecule has 0 aromatic heterocycles. The average Bonchev–Trinajstić information content (AvgIpc) is 2.79. The van der Waals surface area contributed by atoms with Gasteiger partial charge in [-0.15, -0.1) is 0 Å². The third kappa shape index (κ3) is 5.80. The number of carbonyl (C=O) groups excluding carboxylic acids is 1. The monoisotopic (exact) mass is 447 g/mol. The van der Waals surface area contributed by atoms with Gasteiger partial charge in [-0.25, -0.2) is 0 Å². The smallest absolute Gasteiger partial charge is 0.295 e. The normalized spacial score (nSPS) is 13.4. The highest BCUT2D eigenvalue weighted by molar-refractivity contribution is 6.73. The van der Waals surface area contributed by atoms with Gasteiger partial charge in [-0.2, -0.15) is 8.78 Å². The molecule has 2 aromatic carbocycles. The fourth-order valence-corrected chi connectivity index (χ4v) is 6.42. The van der Waals surface area contributed by atoms with Gasteiger partial charge in [-0.05, 0) is 41.9 Å². The number of carbonyl (C=O) groups is 1. The molecule has 2 aromatic rings. The lowest BCUT2D eigenvalue weighted by Crippen LogP contribution is -2.42. The molecule has 2 N–H and O–H groups in total. The summed E-state index contributed by atoms with van der Waals surface area (Å²) in [5.74, 6) is -3.67. The van der Waals surface area contributed by atoms with Crippen LogP contribution in [-0.4, -0.2) is 27.3 Å². The number of hydrogen-bond acceptors (Lipinski definition) is 3. The van der Waals surface area contributed by atoms with Crippen molar-refractivity contribution < 1.29 is 22.7 Å². The van der Waals surface area contributed by atoms with E-state index in [0.717, 1.165) is 24.2 Å². The Labute approximate surface area is 184 Å². The second-order valence-corrected chi connectivity index (χ2v) is 12.2.